The summed E-state index contributed by atoms with van der Waals surface area (Å²) in [5, 5.41) is 13.8. The number of nitrogens with one attached hydrogen (secondary N) is 2. The minimum Gasteiger partial charge on any atom is -0.456 e. The minimum atomic E-state index is -4.88. The molecule has 0 atom stereocenters. The van der Waals surface area contributed by atoms with Crippen molar-refractivity contribution in [2.24, 2.45) is 10.2 Å². The molecule has 62 heavy (non-hydrogen) atoms. The summed E-state index contributed by atoms with van der Waals surface area (Å²) in [5.74, 6) is -0.480. The molecule has 16 heteroatoms. The van der Waals surface area contributed by atoms with Gasteiger partial charge in [-0.15, -0.1) is 10.2 Å². The van der Waals surface area contributed by atoms with Gasteiger partial charge in [-0.05, 0) is 74.0 Å². The van der Waals surface area contributed by atoms with Gasteiger partial charge in [0.25, 0.3) is 10.1 Å². The number of aryl methyl sites for hydroxylation is 1. The van der Waals surface area contributed by atoms with Gasteiger partial charge in [-0.3, -0.25) is 19.2 Å². The molecule has 14 nitrogen and oxygen atoms in total. The summed E-state index contributed by atoms with van der Waals surface area (Å²) in [4.78, 5) is 26.5. The summed E-state index contributed by atoms with van der Waals surface area (Å²) in [6.45, 7) is 4.06. The lowest BCUT2D eigenvalue weighted by Crippen LogP contribution is -2.15. The van der Waals surface area contributed by atoms with E-state index < -0.39 is 42.0 Å². The lowest BCUT2D eigenvalue weighted by molar-refractivity contribution is -0.116. The molecule has 0 radical (unpaired) electrons. The lowest BCUT2D eigenvalue weighted by atomic mass is 10.0. The molecule has 0 spiro atoms. The first-order valence-electron chi connectivity index (χ1n) is 21.4. The minimum absolute atomic E-state index is 0.00441. The monoisotopic (exact) mass is 886 g/mol. The van der Waals surface area contributed by atoms with Crippen molar-refractivity contribution in [3.63, 3.8) is 0 Å². The number of carbonyl (C=O) groups is 1. The Kier molecular flexibility index (Phi) is 17.6. The number of carbonyl (C=O) groups excluding carboxylic acids is 1. The molecule has 0 aliphatic carbocycles. The number of H-pyrrole nitrogens is 1. The number of aromatic nitrogens is 2. The highest BCUT2D eigenvalue weighted by atomic mass is 32.2. The van der Waals surface area contributed by atoms with Crippen LogP contribution in [0.5, 0.6) is 11.5 Å². The fourth-order valence-electron chi connectivity index (χ4n) is 6.96. The van der Waals surface area contributed by atoms with Crippen molar-refractivity contribution in [1.29, 1.82) is 0 Å². The molecular weight excluding hydrogens is 829 g/mol. The second-order valence-corrected chi connectivity index (χ2v) is 18.8. The fourth-order valence-corrected chi connectivity index (χ4v) is 9.02. The SMILES string of the molecule is CCCCCCCCCCCCCCCCCC(=O)Nc1[nH]n(-c2ccc(Oc3ccccc3)c(S(=O)(=O)O)c2)c(=O)c1N=Nc1ccc(N)cc1S(=O)(=O)c1ccc(C)cc1. The van der Waals surface area contributed by atoms with Crippen LogP contribution in [0.1, 0.15) is 115 Å². The first-order valence-corrected chi connectivity index (χ1v) is 24.3. The number of nitrogens with two attached hydrogens (primary N) is 1. The highest BCUT2D eigenvalue weighted by Crippen LogP contribution is 2.35. The zero-order valence-electron chi connectivity index (χ0n) is 35.5. The van der Waals surface area contributed by atoms with Crippen molar-refractivity contribution in [1.82, 2.24) is 9.78 Å². The van der Waals surface area contributed by atoms with E-state index in [-0.39, 0.29) is 44.8 Å². The summed E-state index contributed by atoms with van der Waals surface area (Å²) in [6.07, 6.45) is 17.9. The third-order valence-electron chi connectivity index (χ3n) is 10.4. The molecule has 0 aliphatic rings. The molecule has 4 aromatic carbocycles. The number of benzene rings is 4. The van der Waals surface area contributed by atoms with E-state index in [0.29, 0.717) is 12.2 Å². The van der Waals surface area contributed by atoms with Crippen LogP contribution in [0.2, 0.25) is 0 Å². The van der Waals surface area contributed by atoms with Gasteiger partial charge >= 0.3 is 5.56 Å². The van der Waals surface area contributed by atoms with Crippen molar-refractivity contribution in [3.05, 3.63) is 107 Å². The molecule has 0 saturated carbocycles. The van der Waals surface area contributed by atoms with Crippen LogP contribution in [0.25, 0.3) is 5.69 Å². The van der Waals surface area contributed by atoms with Gasteiger partial charge in [-0.2, -0.15) is 8.42 Å². The largest absolute Gasteiger partial charge is 0.456 e. The third kappa shape index (κ3) is 13.7. The first kappa shape index (κ1) is 47.5. The van der Waals surface area contributed by atoms with Crippen LogP contribution in [0.4, 0.5) is 22.9 Å². The summed E-state index contributed by atoms with van der Waals surface area (Å²) < 4.78 is 69.5. The summed E-state index contributed by atoms with van der Waals surface area (Å²) in [6, 6.07) is 22.3. The summed E-state index contributed by atoms with van der Waals surface area (Å²) in [7, 11) is -9.03. The molecule has 0 bridgehead atoms. The number of nitrogens with zero attached hydrogens (tertiary/aromatic N) is 3. The van der Waals surface area contributed by atoms with Gasteiger partial charge in [0, 0.05) is 12.1 Å². The molecule has 0 aliphatic heterocycles. The predicted octanol–water partition coefficient (Wildman–Crippen LogP) is 11.5. The number of ether oxygens (including phenoxy) is 1. The van der Waals surface area contributed by atoms with Crippen molar-refractivity contribution >= 4 is 48.7 Å². The van der Waals surface area contributed by atoms with Gasteiger partial charge < -0.3 is 15.8 Å². The smallest absolute Gasteiger partial charge is 0.301 e. The molecule has 1 heterocycles. The van der Waals surface area contributed by atoms with Crippen molar-refractivity contribution in [3.8, 4) is 17.2 Å². The van der Waals surface area contributed by atoms with E-state index >= 15 is 0 Å². The Bertz CT molecular complexity index is 2550. The number of hydrogen-bond donors (Lipinski definition) is 4. The van der Waals surface area contributed by atoms with Crippen LogP contribution in [-0.4, -0.2) is 37.1 Å². The number of anilines is 2. The second kappa shape index (κ2) is 23.0. The van der Waals surface area contributed by atoms with Gasteiger partial charge in [0.05, 0.1) is 10.6 Å². The van der Waals surface area contributed by atoms with Crippen molar-refractivity contribution in [2.45, 2.75) is 131 Å². The highest BCUT2D eigenvalue weighted by molar-refractivity contribution is 7.91. The Morgan fingerprint density at radius 3 is 1.94 bits per heavy atom. The van der Waals surface area contributed by atoms with E-state index in [9.17, 15) is 31.0 Å². The molecule has 5 rings (SSSR count). The number of para-hydroxylation sites is 1. The Balaban J connectivity index is 1.34. The summed E-state index contributed by atoms with van der Waals surface area (Å²) in [5.41, 5.74) is 5.56. The van der Waals surface area contributed by atoms with Crippen molar-refractivity contribution < 1.29 is 30.9 Å². The Morgan fingerprint density at radius 2 is 1.34 bits per heavy atom. The molecule has 1 aromatic heterocycles. The van der Waals surface area contributed by atoms with E-state index in [1.54, 1.807) is 42.5 Å². The Hall–Kier alpha value is -5.58. The first-order chi connectivity index (χ1) is 29.8. The molecule has 1 amide bonds. The topological polar surface area (TPSA) is 215 Å². The number of unbranched alkanes of at least 4 members (excludes halogenated alkanes) is 14. The molecule has 0 saturated heterocycles. The van der Waals surface area contributed by atoms with Crippen molar-refractivity contribution in [2.75, 3.05) is 11.1 Å². The number of aromatic amines is 1. The maximum absolute atomic E-state index is 14.1. The van der Waals surface area contributed by atoms with Crippen LogP contribution < -0.4 is 21.3 Å². The average molecular weight is 887 g/mol. The van der Waals surface area contributed by atoms with Crippen LogP contribution in [0.3, 0.4) is 0 Å². The van der Waals surface area contributed by atoms with Crippen LogP contribution in [0, 0.1) is 6.92 Å². The Labute approximate surface area is 364 Å². The van der Waals surface area contributed by atoms with Crippen LogP contribution >= 0.6 is 0 Å². The van der Waals surface area contributed by atoms with Gasteiger partial charge in [0.1, 0.15) is 27.0 Å². The number of amides is 1. The fraction of sp³-hybridized carbons (Fsp3) is 0.391. The zero-order valence-corrected chi connectivity index (χ0v) is 37.1. The van der Waals surface area contributed by atoms with E-state index in [0.717, 1.165) is 42.0 Å². The Morgan fingerprint density at radius 1 is 0.742 bits per heavy atom. The molecule has 0 unspecified atom stereocenters. The quantitative estimate of drug-likeness (QED) is 0.0189. The van der Waals surface area contributed by atoms with Gasteiger partial charge in [-0.1, -0.05) is 133 Å². The van der Waals surface area contributed by atoms with E-state index in [2.05, 4.69) is 27.6 Å². The standard InChI is InChI=1S/C46H58N6O8S2/c1-3-4-5-6-7-8-9-10-11-12-13-14-15-16-20-23-43(53)48-45-44(50-49-39-30-26-35(47)32-41(39)61(55,56)38-28-24-34(2)25-29-38)46(54)52(51-45)36-27-31-40(42(33-36)62(57,58)59)60-37-21-18-17-19-22-37/h17-19,21-22,24-33,51H,3-16,20,23,47H2,1-2H3,(H,48,53)(H,57,58,59). The normalized spacial score (nSPS) is 11.9. The molecule has 5 aromatic rings. The second-order valence-electron chi connectivity index (χ2n) is 15.5. The maximum Gasteiger partial charge on any atom is 0.301 e. The highest BCUT2D eigenvalue weighted by Gasteiger charge is 2.25. The van der Waals surface area contributed by atoms with Gasteiger partial charge in [-0.25, -0.2) is 13.1 Å². The number of azo groups is 1. The number of nitrogen functional groups attached to an aromatic ring is 1. The van der Waals surface area contributed by atoms with Gasteiger partial charge in [0.15, 0.2) is 11.5 Å². The van der Waals surface area contributed by atoms with Crippen LogP contribution in [-0.2, 0) is 24.7 Å². The van der Waals surface area contributed by atoms with E-state index in [1.807, 2.05) is 6.92 Å². The van der Waals surface area contributed by atoms with Gasteiger partial charge in [0.2, 0.25) is 15.7 Å². The zero-order chi connectivity index (χ0) is 44.5. The lowest BCUT2D eigenvalue weighted by Gasteiger charge is -2.11. The predicted molar refractivity (Wildman–Crippen MR) is 243 cm³/mol. The van der Waals surface area contributed by atoms with E-state index in [1.165, 1.54) is 107 Å². The number of sulfone groups is 1. The molecular formula is C46H58N6O8S2. The third-order valence-corrected chi connectivity index (χ3v) is 13.1. The molecule has 5 N–H and O–H groups in total. The average Bonchev–Trinajstić information content (AvgIpc) is 3.55. The number of hydrogen-bond acceptors (Lipinski definition) is 10. The van der Waals surface area contributed by atoms with E-state index in [4.69, 9.17) is 10.5 Å². The molecule has 332 valence electrons. The summed E-state index contributed by atoms with van der Waals surface area (Å²) >= 11 is 0. The number of rotatable bonds is 25. The van der Waals surface area contributed by atoms with Crippen LogP contribution in [0.15, 0.2) is 121 Å². The molecule has 0 fully saturated rings. The maximum atomic E-state index is 14.1.